The zero-order chi connectivity index (χ0) is 23.4. The van der Waals surface area contributed by atoms with Gasteiger partial charge in [0.15, 0.2) is 0 Å². The number of benzene rings is 2. The number of nitrogens with zero attached hydrogens (tertiary/aromatic N) is 6. The van der Waals surface area contributed by atoms with Crippen molar-refractivity contribution in [3.05, 3.63) is 81.8 Å². The molecule has 0 bridgehead atoms. The minimum absolute atomic E-state index is 0.0337. The minimum atomic E-state index is -0.0337. The highest BCUT2D eigenvalue weighted by molar-refractivity contribution is 6.30. The van der Waals surface area contributed by atoms with Gasteiger partial charge in [-0.05, 0) is 53.8 Å². The molecule has 0 amide bonds. The van der Waals surface area contributed by atoms with Gasteiger partial charge in [0.05, 0.1) is 17.9 Å². The summed E-state index contributed by atoms with van der Waals surface area (Å²) in [6.45, 7) is 6.75. The minimum Gasteiger partial charge on any atom is -0.290 e. The van der Waals surface area contributed by atoms with Crippen molar-refractivity contribution in [2.45, 2.75) is 59.0 Å². The number of unbranched alkanes of at least 4 members (excludes halogenated alkanes) is 1. The molecule has 172 valence electrons. The molecule has 4 aromatic rings. The van der Waals surface area contributed by atoms with Crippen LogP contribution in [0, 0.1) is 0 Å². The predicted octanol–water partition coefficient (Wildman–Crippen LogP) is 5.31. The maximum absolute atomic E-state index is 13.3. The van der Waals surface area contributed by atoms with Crippen molar-refractivity contribution in [3.63, 3.8) is 0 Å². The van der Waals surface area contributed by atoms with Crippen molar-refractivity contribution in [2.75, 3.05) is 0 Å². The lowest BCUT2D eigenvalue weighted by molar-refractivity contribution is 0.505. The number of halogens is 1. The van der Waals surface area contributed by atoms with Gasteiger partial charge in [-0.3, -0.25) is 9.13 Å². The Kier molecular flexibility index (Phi) is 7.08. The van der Waals surface area contributed by atoms with Crippen LogP contribution >= 0.6 is 11.6 Å². The van der Waals surface area contributed by atoms with E-state index in [1.165, 1.54) is 0 Å². The first-order chi connectivity index (χ1) is 16.0. The van der Waals surface area contributed by atoms with E-state index in [4.69, 9.17) is 11.6 Å². The van der Waals surface area contributed by atoms with E-state index in [0.29, 0.717) is 11.7 Å². The van der Waals surface area contributed by atoms with Gasteiger partial charge in [-0.15, -0.1) is 5.10 Å². The average molecular weight is 465 g/mol. The van der Waals surface area contributed by atoms with Crippen LogP contribution in [-0.4, -0.2) is 29.3 Å². The first-order valence-electron chi connectivity index (χ1n) is 11.5. The molecular weight excluding hydrogens is 436 g/mol. The van der Waals surface area contributed by atoms with Crippen molar-refractivity contribution in [1.29, 1.82) is 0 Å². The molecule has 2 aromatic heterocycles. The molecule has 0 aliphatic rings. The van der Waals surface area contributed by atoms with Crippen LogP contribution in [0.2, 0.25) is 5.15 Å². The standard InChI is InChI=1S/C25H29ClN6O/c1-4-6-10-23-24(26)32(18(3)5-2)25(33)30(23)16-19-12-14-20(15-13-19)21-9-7-8-11-22(21)31-17-27-28-29-31/h7-9,11-15,17-18H,4-6,10,16H2,1-3H3. The predicted molar refractivity (Wildman–Crippen MR) is 131 cm³/mol. The molecule has 0 aliphatic heterocycles. The molecule has 1 atom stereocenters. The maximum Gasteiger partial charge on any atom is 0.330 e. The Morgan fingerprint density at radius 1 is 1.06 bits per heavy atom. The molecule has 33 heavy (non-hydrogen) atoms. The molecule has 4 rings (SSSR count). The Morgan fingerprint density at radius 2 is 1.82 bits per heavy atom. The zero-order valence-corrected chi connectivity index (χ0v) is 20.0. The summed E-state index contributed by atoms with van der Waals surface area (Å²) >= 11 is 6.71. The van der Waals surface area contributed by atoms with Crippen LogP contribution in [0.3, 0.4) is 0 Å². The van der Waals surface area contributed by atoms with Crippen molar-refractivity contribution in [2.24, 2.45) is 0 Å². The largest absolute Gasteiger partial charge is 0.330 e. The molecule has 8 heteroatoms. The number of imidazole rings is 1. The summed E-state index contributed by atoms with van der Waals surface area (Å²) in [7, 11) is 0. The average Bonchev–Trinajstić information content (AvgIpc) is 3.45. The fraction of sp³-hybridized carbons (Fsp3) is 0.360. The van der Waals surface area contributed by atoms with Gasteiger partial charge in [0.25, 0.3) is 0 Å². The Balaban J connectivity index is 1.67. The second kappa shape index (κ2) is 10.2. The molecule has 1 unspecified atom stereocenters. The maximum atomic E-state index is 13.3. The van der Waals surface area contributed by atoms with Gasteiger partial charge in [0, 0.05) is 11.6 Å². The smallest absolute Gasteiger partial charge is 0.290 e. The van der Waals surface area contributed by atoms with Gasteiger partial charge in [-0.1, -0.05) is 74.3 Å². The summed E-state index contributed by atoms with van der Waals surface area (Å²) < 4.78 is 5.24. The van der Waals surface area contributed by atoms with E-state index in [1.807, 2.05) is 35.8 Å². The third-order valence-electron chi connectivity index (χ3n) is 6.12. The third kappa shape index (κ3) is 4.64. The normalized spacial score (nSPS) is 12.2. The van der Waals surface area contributed by atoms with E-state index >= 15 is 0 Å². The SMILES string of the molecule is CCCCc1c(Cl)n(C(C)CC)c(=O)n1Cc1ccc(-c2ccccc2-n2cnnn2)cc1. The highest BCUT2D eigenvalue weighted by Crippen LogP contribution is 2.27. The molecule has 0 saturated carbocycles. The molecule has 0 radical (unpaired) electrons. The molecular formula is C25H29ClN6O. The van der Waals surface area contributed by atoms with E-state index in [9.17, 15) is 4.79 Å². The van der Waals surface area contributed by atoms with Crippen molar-refractivity contribution in [3.8, 4) is 16.8 Å². The molecule has 2 heterocycles. The van der Waals surface area contributed by atoms with E-state index in [2.05, 4.69) is 53.6 Å². The Hall–Kier alpha value is -3.19. The van der Waals surface area contributed by atoms with Gasteiger partial charge in [-0.2, -0.15) is 4.68 Å². The lowest BCUT2D eigenvalue weighted by Gasteiger charge is -2.11. The van der Waals surface area contributed by atoms with E-state index in [1.54, 1.807) is 15.6 Å². The van der Waals surface area contributed by atoms with Crippen molar-refractivity contribution < 1.29 is 0 Å². The summed E-state index contributed by atoms with van der Waals surface area (Å²) in [5.41, 5.74) is 4.94. The number of para-hydroxylation sites is 1. The molecule has 0 aliphatic carbocycles. The monoisotopic (exact) mass is 464 g/mol. The quantitative estimate of drug-likeness (QED) is 0.336. The number of rotatable bonds is 9. The van der Waals surface area contributed by atoms with E-state index in [-0.39, 0.29) is 11.7 Å². The van der Waals surface area contributed by atoms with E-state index < -0.39 is 0 Å². The number of tetrazole rings is 1. The molecule has 0 spiro atoms. The summed E-state index contributed by atoms with van der Waals surface area (Å²) in [5, 5.41) is 12.1. The van der Waals surface area contributed by atoms with Gasteiger partial charge >= 0.3 is 5.69 Å². The van der Waals surface area contributed by atoms with Crippen molar-refractivity contribution >= 4 is 11.6 Å². The van der Waals surface area contributed by atoms with Gasteiger partial charge in [0.1, 0.15) is 11.5 Å². The highest BCUT2D eigenvalue weighted by atomic mass is 35.5. The van der Waals surface area contributed by atoms with Crippen LogP contribution < -0.4 is 5.69 Å². The fourth-order valence-corrected chi connectivity index (χ4v) is 4.49. The van der Waals surface area contributed by atoms with Crippen molar-refractivity contribution in [1.82, 2.24) is 29.3 Å². The summed E-state index contributed by atoms with van der Waals surface area (Å²) in [6.07, 6.45) is 5.28. The van der Waals surface area contributed by atoms with Crippen LogP contribution in [-0.2, 0) is 13.0 Å². The van der Waals surface area contributed by atoms with Crippen LogP contribution in [0.4, 0.5) is 0 Å². The second-order valence-corrected chi connectivity index (χ2v) is 8.66. The number of hydrogen-bond acceptors (Lipinski definition) is 4. The molecule has 7 nitrogen and oxygen atoms in total. The molecule has 0 fully saturated rings. The Bertz CT molecular complexity index is 1260. The van der Waals surface area contributed by atoms with Crippen LogP contribution in [0.1, 0.15) is 57.3 Å². The Morgan fingerprint density at radius 3 is 2.48 bits per heavy atom. The zero-order valence-electron chi connectivity index (χ0n) is 19.3. The molecule has 2 aromatic carbocycles. The van der Waals surface area contributed by atoms with Gasteiger partial charge < -0.3 is 0 Å². The van der Waals surface area contributed by atoms with E-state index in [0.717, 1.165) is 53.8 Å². The van der Waals surface area contributed by atoms with Crippen LogP contribution in [0.5, 0.6) is 0 Å². The summed E-state index contributed by atoms with van der Waals surface area (Å²) in [5.74, 6) is 0. The number of hydrogen-bond donors (Lipinski definition) is 0. The van der Waals surface area contributed by atoms with Crippen LogP contribution in [0.15, 0.2) is 59.7 Å². The lowest BCUT2D eigenvalue weighted by atomic mass is 10.0. The topological polar surface area (TPSA) is 70.5 Å². The fourth-order valence-electron chi connectivity index (χ4n) is 4.05. The molecule has 0 saturated heterocycles. The number of aromatic nitrogens is 6. The summed E-state index contributed by atoms with van der Waals surface area (Å²) in [4.78, 5) is 13.3. The molecule has 0 N–H and O–H groups in total. The third-order valence-corrected chi connectivity index (χ3v) is 6.52. The Labute approximate surface area is 198 Å². The first kappa shape index (κ1) is 23.0. The highest BCUT2D eigenvalue weighted by Gasteiger charge is 2.21. The lowest BCUT2D eigenvalue weighted by Crippen LogP contribution is -2.27. The second-order valence-electron chi connectivity index (χ2n) is 8.31. The van der Waals surface area contributed by atoms with Crippen LogP contribution in [0.25, 0.3) is 16.8 Å². The van der Waals surface area contributed by atoms with Gasteiger partial charge in [0.2, 0.25) is 0 Å². The first-order valence-corrected chi connectivity index (χ1v) is 11.8. The van der Waals surface area contributed by atoms with Gasteiger partial charge in [-0.25, -0.2) is 4.79 Å². The summed E-state index contributed by atoms with van der Waals surface area (Å²) in [6, 6.07) is 16.3.